The third kappa shape index (κ3) is 1.55. The summed E-state index contributed by atoms with van der Waals surface area (Å²) in [5.74, 6) is 0.649. The Morgan fingerprint density at radius 1 is 1.20 bits per heavy atom. The van der Waals surface area contributed by atoms with E-state index in [9.17, 15) is 0 Å². The highest BCUT2D eigenvalue weighted by Gasteiger charge is 2.48. The molecule has 0 bridgehead atoms. The zero-order valence-electron chi connectivity index (χ0n) is 10.8. The number of imidazole rings is 1. The van der Waals surface area contributed by atoms with Crippen molar-refractivity contribution in [2.75, 3.05) is 25.5 Å². The number of hydrogen-bond acceptors (Lipinski definition) is 7. The van der Waals surface area contributed by atoms with Gasteiger partial charge in [0.05, 0.1) is 31.7 Å². The van der Waals surface area contributed by atoms with E-state index in [2.05, 4.69) is 15.0 Å². The predicted octanol–water partition coefficient (Wildman–Crippen LogP) is -0.678. The van der Waals surface area contributed by atoms with Gasteiger partial charge < -0.3 is 25.5 Å². The molecule has 0 saturated carbocycles. The Balaban J connectivity index is 1.72. The van der Waals surface area contributed by atoms with Crippen molar-refractivity contribution in [3.8, 4) is 0 Å². The molecule has 2 fully saturated rings. The maximum Gasteiger partial charge on any atom is 0.165 e. The first-order chi connectivity index (χ1) is 9.79. The normalized spacial score (nSPS) is 32.9. The molecule has 0 spiro atoms. The molecule has 4 heterocycles. The number of nitrogen functional groups attached to an aromatic ring is 1. The fraction of sp³-hybridized carbons (Fsp3) is 0.583. The van der Waals surface area contributed by atoms with Gasteiger partial charge in [-0.15, -0.1) is 0 Å². The second kappa shape index (κ2) is 4.37. The summed E-state index contributed by atoms with van der Waals surface area (Å²) < 4.78 is 13.7. The highest BCUT2D eigenvalue weighted by molar-refractivity contribution is 5.81. The first-order valence-corrected chi connectivity index (χ1v) is 6.66. The van der Waals surface area contributed by atoms with Crippen molar-refractivity contribution in [3.63, 3.8) is 0 Å². The molecule has 2 aliphatic heterocycles. The lowest BCUT2D eigenvalue weighted by molar-refractivity contribution is 0.0618. The van der Waals surface area contributed by atoms with E-state index < -0.39 is 0 Å². The van der Waals surface area contributed by atoms with Crippen LogP contribution in [0.1, 0.15) is 6.04 Å². The summed E-state index contributed by atoms with van der Waals surface area (Å²) >= 11 is 0. The van der Waals surface area contributed by atoms with E-state index >= 15 is 0 Å². The lowest BCUT2D eigenvalue weighted by Crippen LogP contribution is -2.30. The van der Waals surface area contributed by atoms with E-state index in [1.165, 1.54) is 6.33 Å². The number of nitrogens with two attached hydrogens (primary N) is 2. The number of hydrogen-bond donors (Lipinski definition) is 2. The molecule has 8 nitrogen and oxygen atoms in total. The van der Waals surface area contributed by atoms with Gasteiger partial charge in [0, 0.05) is 5.92 Å². The third-order valence-electron chi connectivity index (χ3n) is 4.18. The van der Waals surface area contributed by atoms with E-state index in [-0.39, 0.29) is 24.2 Å². The minimum absolute atomic E-state index is 0.00265. The van der Waals surface area contributed by atoms with Gasteiger partial charge in [-0.05, 0) is 6.54 Å². The van der Waals surface area contributed by atoms with Gasteiger partial charge >= 0.3 is 0 Å². The van der Waals surface area contributed by atoms with Crippen molar-refractivity contribution in [2.45, 2.75) is 18.2 Å². The molecule has 2 aromatic rings. The number of ether oxygens (including phenoxy) is 2. The average Bonchev–Trinajstić information content (AvgIpc) is 3.11. The Hall–Kier alpha value is -1.77. The molecule has 20 heavy (non-hydrogen) atoms. The predicted molar refractivity (Wildman–Crippen MR) is 70.8 cm³/mol. The minimum Gasteiger partial charge on any atom is -0.382 e. The summed E-state index contributed by atoms with van der Waals surface area (Å²) in [4.78, 5) is 12.5. The zero-order valence-corrected chi connectivity index (χ0v) is 10.8. The van der Waals surface area contributed by atoms with Crippen LogP contribution in [0.15, 0.2) is 12.7 Å². The summed E-state index contributed by atoms with van der Waals surface area (Å²) in [5, 5.41) is 0. The van der Waals surface area contributed by atoms with Crippen LogP contribution in [-0.2, 0) is 9.47 Å². The van der Waals surface area contributed by atoms with Crippen molar-refractivity contribution >= 4 is 17.0 Å². The molecule has 0 amide bonds. The molecule has 4 N–H and O–H groups in total. The second-order valence-electron chi connectivity index (χ2n) is 5.24. The number of aromatic nitrogens is 4. The molecule has 0 aliphatic carbocycles. The monoisotopic (exact) mass is 276 g/mol. The molecule has 106 valence electrons. The average molecular weight is 276 g/mol. The maximum atomic E-state index is 5.87. The fourth-order valence-corrected chi connectivity index (χ4v) is 3.11. The first kappa shape index (κ1) is 12.0. The van der Waals surface area contributed by atoms with Crippen molar-refractivity contribution in [2.24, 2.45) is 11.7 Å². The number of nitrogens with zero attached hydrogens (tertiary/aromatic N) is 4. The molecule has 4 unspecified atom stereocenters. The number of anilines is 1. The Kier molecular flexibility index (Phi) is 2.62. The standard InChI is InChI=1S/C12H16N6O2/c13-1-6-2-19-10-7(3-20-9(6)10)18-5-17-8-11(14)15-4-16-12(8)18/h4-7,9-10H,1-3,13H2,(H2,14,15,16). The maximum absolute atomic E-state index is 5.87. The number of rotatable bonds is 2. The summed E-state index contributed by atoms with van der Waals surface area (Å²) in [6.45, 7) is 1.79. The Morgan fingerprint density at radius 3 is 2.90 bits per heavy atom. The van der Waals surface area contributed by atoms with Gasteiger partial charge in [0.1, 0.15) is 17.9 Å². The van der Waals surface area contributed by atoms with Crippen molar-refractivity contribution in [3.05, 3.63) is 12.7 Å². The van der Waals surface area contributed by atoms with Gasteiger partial charge in [-0.3, -0.25) is 0 Å². The summed E-state index contributed by atoms with van der Waals surface area (Å²) in [6.07, 6.45) is 3.23. The minimum atomic E-state index is -0.00265. The van der Waals surface area contributed by atoms with Gasteiger partial charge in [-0.25, -0.2) is 15.0 Å². The quantitative estimate of drug-likeness (QED) is 0.747. The molecule has 2 saturated heterocycles. The third-order valence-corrected chi connectivity index (χ3v) is 4.18. The highest BCUT2D eigenvalue weighted by Crippen LogP contribution is 2.37. The van der Waals surface area contributed by atoms with E-state index in [1.54, 1.807) is 6.33 Å². The number of fused-ring (bicyclic) bond motifs is 2. The van der Waals surface area contributed by atoms with E-state index in [0.29, 0.717) is 36.7 Å². The molecule has 0 aromatic carbocycles. The summed E-state index contributed by atoms with van der Waals surface area (Å²) in [6, 6.07) is 0.0517. The molecular weight excluding hydrogens is 260 g/mol. The molecule has 8 heteroatoms. The largest absolute Gasteiger partial charge is 0.382 e. The Morgan fingerprint density at radius 2 is 2.05 bits per heavy atom. The molecule has 4 rings (SSSR count). The van der Waals surface area contributed by atoms with Crippen molar-refractivity contribution in [1.82, 2.24) is 19.5 Å². The topological polar surface area (TPSA) is 114 Å². The Bertz CT molecular complexity index is 644. The zero-order chi connectivity index (χ0) is 13.7. The van der Waals surface area contributed by atoms with Gasteiger partial charge in [-0.2, -0.15) is 0 Å². The van der Waals surface area contributed by atoms with Gasteiger partial charge in [0.15, 0.2) is 11.5 Å². The van der Waals surface area contributed by atoms with Crippen LogP contribution in [0.25, 0.3) is 11.2 Å². The first-order valence-electron chi connectivity index (χ1n) is 6.66. The fourth-order valence-electron chi connectivity index (χ4n) is 3.11. The van der Waals surface area contributed by atoms with E-state index in [0.717, 1.165) is 0 Å². The molecule has 2 aliphatic rings. The van der Waals surface area contributed by atoms with Crippen LogP contribution in [0.5, 0.6) is 0 Å². The van der Waals surface area contributed by atoms with E-state index in [4.69, 9.17) is 20.9 Å². The van der Waals surface area contributed by atoms with Crippen LogP contribution < -0.4 is 11.5 Å². The van der Waals surface area contributed by atoms with Gasteiger partial charge in [0.25, 0.3) is 0 Å². The van der Waals surface area contributed by atoms with Crippen LogP contribution in [0, 0.1) is 5.92 Å². The molecular formula is C12H16N6O2. The smallest absolute Gasteiger partial charge is 0.165 e. The van der Waals surface area contributed by atoms with E-state index in [1.807, 2.05) is 4.57 Å². The summed E-state index contributed by atoms with van der Waals surface area (Å²) in [5.41, 5.74) is 12.9. The summed E-state index contributed by atoms with van der Waals surface area (Å²) in [7, 11) is 0. The van der Waals surface area contributed by atoms with Crippen LogP contribution >= 0.6 is 0 Å². The van der Waals surface area contributed by atoms with Gasteiger partial charge in [-0.1, -0.05) is 0 Å². The molecule has 4 atom stereocenters. The van der Waals surface area contributed by atoms with Crippen LogP contribution in [0.4, 0.5) is 5.82 Å². The second-order valence-corrected chi connectivity index (χ2v) is 5.24. The van der Waals surface area contributed by atoms with Crippen molar-refractivity contribution in [1.29, 1.82) is 0 Å². The lowest BCUT2D eigenvalue weighted by Gasteiger charge is -2.17. The van der Waals surface area contributed by atoms with Crippen molar-refractivity contribution < 1.29 is 9.47 Å². The SMILES string of the molecule is NCC1COC2C1OCC2n1cnc2c(N)ncnc21. The Labute approximate surface area is 115 Å². The van der Waals surface area contributed by atoms with Crippen LogP contribution in [0.3, 0.4) is 0 Å². The highest BCUT2D eigenvalue weighted by atomic mass is 16.6. The molecule has 0 radical (unpaired) electrons. The van der Waals surface area contributed by atoms with Crippen LogP contribution in [-0.4, -0.2) is 51.5 Å². The van der Waals surface area contributed by atoms with Crippen LogP contribution in [0.2, 0.25) is 0 Å². The molecule has 2 aromatic heterocycles. The van der Waals surface area contributed by atoms with Gasteiger partial charge in [0.2, 0.25) is 0 Å². The lowest BCUT2D eigenvalue weighted by atomic mass is 10.0.